The molecule has 1 aromatic carbocycles. The van der Waals surface area contributed by atoms with Gasteiger partial charge in [0.25, 0.3) is 0 Å². The molecule has 0 aliphatic carbocycles. The average molecular weight is 261 g/mol. The van der Waals surface area contributed by atoms with Crippen molar-refractivity contribution >= 4 is 11.8 Å². The normalized spacial score (nSPS) is 19.8. The number of halogens is 3. The number of benzene rings is 1. The van der Waals surface area contributed by atoms with Gasteiger partial charge in [0, 0.05) is 18.2 Å². The summed E-state index contributed by atoms with van der Waals surface area (Å²) < 4.78 is 38.9. The second-order valence-corrected chi connectivity index (χ2v) is 5.37. The predicted molar refractivity (Wildman–Crippen MR) is 63.5 cm³/mol. The molecule has 1 atom stereocenters. The lowest BCUT2D eigenvalue weighted by Gasteiger charge is -2.10. The Morgan fingerprint density at radius 2 is 1.94 bits per heavy atom. The second-order valence-electron chi connectivity index (χ2n) is 4.22. The highest BCUT2D eigenvalue weighted by Gasteiger charge is 2.15. The number of thioether (sulfide) groups is 1. The summed E-state index contributed by atoms with van der Waals surface area (Å²) in [6.07, 6.45) is 1.16. The van der Waals surface area contributed by atoms with Crippen LogP contribution in [0.15, 0.2) is 12.1 Å². The van der Waals surface area contributed by atoms with Gasteiger partial charge in [-0.05, 0) is 36.5 Å². The smallest absolute Gasteiger partial charge is 0.161 e. The molecular formula is C12H14F3NS. The lowest BCUT2D eigenvalue weighted by molar-refractivity contribution is 0.479. The molecule has 1 fully saturated rings. The summed E-state index contributed by atoms with van der Waals surface area (Å²) in [5.74, 6) is 0.0581. The molecule has 1 aliphatic rings. The first-order chi connectivity index (χ1) is 8.16. The van der Waals surface area contributed by atoms with Crippen molar-refractivity contribution in [3.8, 4) is 0 Å². The monoisotopic (exact) mass is 261 g/mol. The molecule has 1 unspecified atom stereocenters. The molecule has 1 N–H and O–H groups in total. The zero-order valence-corrected chi connectivity index (χ0v) is 10.1. The van der Waals surface area contributed by atoms with Crippen LogP contribution in [0, 0.1) is 23.4 Å². The van der Waals surface area contributed by atoms with Crippen LogP contribution in [0.25, 0.3) is 0 Å². The molecule has 0 aromatic heterocycles. The summed E-state index contributed by atoms with van der Waals surface area (Å²) in [6.45, 7) is 1.04. The van der Waals surface area contributed by atoms with Gasteiger partial charge in [0.15, 0.2) is 11.6 Å². The highest BCUT2D eigenvalue weighted by atomic mass is 32.2. The average Bonchev–Trinajstić information content (AvgIpc) is 2.78. The molecule has 1 aromatic rings. The lowest BCUT2D eigenvalue weighted by atomic mass is 10.1. The Hall–Kier alpha value is -0.680. The Kier molecular flexibility index (Phi) is 4.34. The summed E-state index contributed by atoms with van der Waals surface area (Å²) in [4.78, 5) is 0. The molecular weight excluding hydrogens is 247 g/mol. The van der Waals surface area contributed by atoms with Crippen LogP contribution in [0.5, 0.6) is 0 Å². The molecule has 2 rings (SSSR count). The lowest BCUT2D eigenvalue weighted by Crippen LogP contribution is -2.22. The maximum absolute atomic E-state index is 13.3. The molecule has 5 heteroatoms. The maximum Gasteiger partial charge on any atom is 0.161 e. The third kappa shape index (κ3) is 3.39. The molecule has 1 aliphatic heterocycles. The zero-order valence-electron chi connectivity index (χ0n) is 9.31. The van der Waals surface area contributed by atoms with Gasteiger partial charge in [-0.25, -0.2) is 13.2 Å². The van der Waals surface area contributed by atoms with Crippen LogP contribution < -0.4 is 5.32 Å². The molecule has 1 heterocycles. The van der Waals surface area contributed by atoms with Gasteiger partial charge in [-0.2, -0.15) is 11.8 Å². The minimum absolute atomic E-state index is 0.176. The van der Waals surface area contributed by atoms with Gasteiger partial charge < -0.3 is 5.32 Å². The summed E-state index contributed by atoms with van der Waals surface area (Å²) in [7, 11) is 0. The van der Waals surface area contributed by atoms with Crippen molar-refractivity contribution in [2.45, 2.75) is 13.0 Å². The minimum atomic E-state index is -1.14. The second kappa shape index (κ2) is 5.78. The van der Waals surface area contributed by atoms with Crippen LogP contribution in [-0.4, -0.2) is 18.1 Å². The van der Waals surface area contributed by atoms with E-state index in [9.17, 15) is 13.2 Å². The SMILES string of the molecule is Fc1cc(F)c(CNCC2CCSC2)cc1F. The van der Waals surface area contributed by atoms with E-state index in [1.54, 1.807) is 0 Å². The molecule has 17 heavy (non-hydrogen) atoms. The van der Waals surface area contributed by atoms with E-state index in [0.29, 0.717) is 12.0 Å². The van der Waals surface area contributed by atoms with Gasteiger partial charge in [0.05, 0.1) is 0 Å². The van der Waals surface area contributed by atoms with Gasteiger partial charge in [0.1, 0.15) is 5.82 Å². The first-order valence-electron chi connectivity index (χ1n) is 5.58. The quantitative estimate of drug-likeness (QED) is 0.836. The van der Waals surface area contributed by atoms with Gasteiger partial charge in [-0.1, -0.05) is 0 Å². The number of nitrogens with one attached hydrogen (secondary N) is 1. The molecule has 94 valence electrons. The molecule has 0 bridgehead atoms. The van der Waals surface area contributed by atoms with E-state index in [1.807, 2.05) is 11.8 Å². The van der Waals surface area contributed by atoms with Crippen molar-refractivity contribution in [2.24, 2.45) is 5.92 Å². The van der Waals surface area contributed by atoms with E-state index in [-0.39, 0.29) is 12.1 Å². The predicted octanol–water partition coefficient (Wildman–Crippen LogP) is 2.95. The van der Waals surface area contributed by atoms with Crippen molar-refractivity contribution in [1.82, 2.24) is 5.32 Å². The Bertz CT molecular complexity index is 392. The third-order valence-electron chi connectivity index (χ3n) is 2.86. The van der Waals surface area contributed by atoms with Gasteiger partial charge >= 0.3 is 0 Å². The van der Waals surface area contributed by atoms with E-state index in [1.165, 1.54) is 5.75 Å². The van der Waals surface area contributed by atoms with Crippen molar-refractivity contribution in [3.05, 3.63) is 35.1 Å². The van der Waals surface area contributed by atoms with Crippen LogP contribution in [-0.2, 0) is 6.54 Å². The molecule has 0 amide bonds. The topological polar surface area (TPSA) is 12.0 Å². The Balaban J connectivity index is 1.87. The number of hydrogen-bond acceptors (Lipinski definition) is 2. The number of rotatable bonds is 4. The Morgan fingerprint density at radius 3 is 2.65 bits per heavy atom. The van der Waals surface area contributed by atoms with Crippen molar-refractivity contribution in [3.63, 3.8) is 0 Å². The van der Waals surface area contributed by atoms with Gasteiger partial charge in [-0.3, -0.25) is 0 Å². The Morgan fingerprint density at radius 1 is 1.18 bits per heavy atom. The molecule has 0 saturated carbocycles. The fourth-order valence-electron chi connectivity index (χ4n) is 1.85. The number of hydrogen-bond donors (Lipinski definition) is 1. The molecule has 0 spiro atoms. The van der Waals surface area contributed by atoms with E-state index in [2.05, 4.69) is 5.32 Å². The molecule has 1 saturated heterocycles. The summed E-state index contributed by atoms with van der Waals surface area (Å²) in [5.41, 5.74) is 0.176. The third-order valence-corrected chi connectivity index (χ3v) is 4.09. The van der Waals surface area contributed by atoms with Crippen LogP contribution in [0.1, 0.15) is 12.0 Å². The van der Waals surface area contributed by atoms with E-state index >= 15 is 0 Å². The first kappa shape index (κ1) is 12.8. The summed E-state index contributed by atoms with van der Waals surface area (Å²) >= 11 is 1.91. The minimum Gasteiger partial charge on any atom is -0.312 e. The fraction of sp³-hybridized carbons (Fsp3) is 0.500. The van der Waals surface area contributed by atoms with E-state index < -0.39 is 17.5 Å². The standard InChI is InChI=1S/C12H14F3NS/c13-10-4-12(15)11(14)3-9(10)6-16-5-8-1-2-17-7-8/h3-4,8,16H,1-2,5-7H2. The van der Waals surface area contributed by atoms with Crippen molar-refractivity contribution < 1.29 is 13.2 Å². The zero-order chi connectivity index (χ0) is 12.3. The van der Waals surface area contributed by atoms with Gasteiger partial charge in [-0.15, -0.1) is 0 Å². The highest BCUT2D eigenvalue weighted by molar-refractivity contribution is 7.99. The summed E-state index contributed by atoms with van der Waals surface area (Å²) in [5, 5.41) is 3.09. The van der Waals surface area contributed by atoms with Crippen molar-refractivity contribution in [1.29, 1.82) is 0 Å². The Labute approximate surface area is 103 Å². The molecule has 1 nitrogen and oxygen atoms in total. The van der Waals surface area contributed by atoms with Crippen LogP contribution in [0.2, 0.25) is 0 Å². The molecule has 0 radical (unpaired) electrons. The van der Waals surface area contributed by atoms with E-state index in [4.69, 9.17) is 0 Å². The van der Waals surface area contributed by atoms with Crippen LogP contribution >= 0.6 is 11.8 Å². The maximum atomic E-state index is 13.3. The van der Waals surface area contributed by atoms with Crippen LogP contribution in [0.3, 0.4) is 0 Å². The van der Waals surface area contributed by atoms with E-state index in [0.717, 1.165) is 24.8 Å². The summed E-state index contributed by atoms with van der Waals surface area (Å²) in [6, 6.07) is 1.51. The fourth-order valence-corrected chi connectivity index (χ4v) is 3.14. The van der Waals surface area contributed by atoms with Crippen LogP contribution in [0.4, 0.5) is 13.2 Å². The van der Waals surface area contributed by atoms with Crippen molar-refractivity contribution in [2.75, 3.05) is 18.1 Å². The largest absolute Gasteiger partial charge is 0.312 e. The first-order valence-corrected chi connectivity index (χ1v) is 6.74. The van der Waals surface area contributed by atoms with Gasteiger partial charge in [0.2, 0.25) is 0 Å². The highest BCUT2D eigenvalue weighted by Crippen LogP contribution is 2.22.